The number of benzene rings is 2. The highest BCUT2D eigenvalue weighted by atomic mass is 32.2. The van der Waals surface area contributed by atoms with E-state index in [2.05, 4.69) is 0 Å². The monoisotopic (exact) mass is 391 g/mol. The molecule has 7 heteroatoms. The lowest BCUT2D eigenvalue weighted by atomic mass is 10.0. The van der Waals surface area contributed by atoms with Gasteiger partial charge in [-0.2, -0.15) is 0 Å². The number of hydrogen-bond acceptors (Lipinski definition) is 3. The number of amides is 1. The minimum atomic E-state index is -3.46. The Balaban J connectivity index is 1.57. The third kappa shape index (κ3) is 3.14. The predicted molar refractivity (Wildman–Crippen MR) is 96.0 cm³/mol. The van der Waals surface area contributed by atoms with Crippen LogP contribution in [0.4, 0.5) is 8.78 Å². The summed E-state index contributed by atoms with van der Waals surface area (Å²) in [6.07, 6.45) is 2.17. The van der Waals surface area contributed by atoms with Gasteiger partial charge in [0.15, 0.2) is 21.5 Å². The zero-order chi connectivity index (χ0) is 19.2. The molecule has 0 saturated carbocycles. The number of halogens is 2. The van der Waals surface area contributed by atoms with Gasteiger partial charge in [0.1, 0.15) is 0 Å². The molecule has 4 nitrogen and oxygen atoms in total. The summed E-state index contributed by atoms with van der Waals surface area (Å²) in [7, 11) is -3.46. The van der Waals surface area contributed by atoms with Crippen molar-refractivity contribution in [2.75, 3.05) is 0 Å². The van der Waals surface area contributed by atoms with Crippen LogP contribution >= 0.6 is 0 Å². The van der Waals surface area contributed by atoms with Crippen molar-refractivity contribution in [2.24, 2.45) is 0 Å². The topological polar surface area (TPSA) is 54.5 Å². The van der Waals surface area contributed by atoms with Crippen molar-refractivity contribution in [3.8, 4) is 0 Å². The molecule has 0 N–H and O–H groups in total. The van der Waals surface area contributed by atoms with E-state index in [4.69, 9.17) is 0 Å². The normalized spacial score (nSPS) is 24.8. The van der Waals surface area contributed by atoms with E-state index in [-0.39, 0.29) is 23.6 Å². The Hall–Kier alpha value is -2.28. The molecule has 2 fully saturated rings. The van der Waals surface area contributed by atoms with Crippen molar-refractivity contribution in [3.05, 3.63) is 65.7 Å². The quantitative estimate of drug-likeness (QED) is 0.804. The maximum absolute atomic E-state index is 13.5. The van der Waals surface area contributed by atoms with Crippen LogP contribution < -0.4 is 0 Å². The largest absolute Gasteiger partial charge is 0.333 e. The Labute approximate surface area is 156 Å². The van der Waals surface area contributed by atoms with Crippen molar-refractivity contribution in [3.63, 3.8) is 0 Å². The fraction of sp³-hybridized carbons (Fsp3) is 0.350. The van der Waals surface area contributed by atoms with Gasteiger partial charge in [-0.1, -0.05) is 18.2 Å². The molecule has 1 amide bonds. The molecule has 2 aliphatic heterocycles. The second-order valence-electron chi connectivity index (χ2n) is 7.18. The van der Waals surface area contributed by atoms with Gasteiger partial charge in [0, 0.05) is 17.6 Å². The molecule has 0 spiro atoms. The van der Waals surface area contributed by atoms with E-state index < -0.39 is 26.7 Å². The van der Waals surface area contributed by atoms with Crippen molar-refractivity contribution >= 4 is 15.7 Å². The number of nitrogens with zero attached hydrogens (tertiary/aromatic N) is 1. The molecule has 2 bridgehead atoms. The minimum Gasteiger partial charge on any atom is -0.333 e. The Morgan fingerprint density at radius 2 is 1.56 bits per heavy atom. The summed E-state index contributed by atoms with van der Waals surface area (Å²) >= 11 is 0. The molecule has 2 aliphatic rings. The first-order valence-electron chi connectivity index (χ1n) is 8.94. The molecule has 27 heavy (non-hydrogen) atoms. The Kier molecular flexibility index (Phi) is 4.50. The maximum Gasteiger partial charge on any atom is 0.254 e. The van der Waals surface area contributed by atoms with Gasteiger partial charge in [-0.25, -0.2) is 17.2 Å². The van der Waals surface area contributed by atoms with E-state index in [1.165, 1.54) is 6.07 Å². The number of piperidine rings is 1. The summed E-state index contributed by atoms with van der Waals surface area (Å²) in [6.45, 7) is 0. The van der Waals surface area contributed by atoms with Gasteiger partial charge < -0.3 is 4.90 Å². The average Bonchev–Trinajstić information content (AvgIpc) is 2.93. The van der Waals surface area contributed by atoms with E-state index in [0.29, 0.717) is 17.7 Å². The molecule has 0 radical (unpaired) electrons. The zero-order valence-corrected chi connectivity index (χ0v) is 15.3. The summed E-state index contributed by atoms with van der Waals surface area (Å²) in [5, 5.41) is -0.536. The first-order valence-corrected chi connectivity index (χ1v) is 10.5. The molecule has 2 aromatic rings. The Morgan fingerprint density at radius 3 is 2.15 bits per heavy atom. The van der Waals surface area contributed by atoms with Crippen LogP contribution in [0.5, 0.6) is 0 Å². The lowest BCUT2D eigenvalue weighted by Gasteiger charge is -2.38. The second-order valence-corrected chi connectivity index (χ2v) is 9.41. The SMILES string of the molecule is O=C(c1ccc(F)c(F)c1)N1[C@@H]2CC[C@@H]1CC(S(=O)(=O)c1ccccc1)C2. The fourth-order valence-electron chi connectivity index (χ4n) is 4.29. The molecular weight excluding hydrogens is 372 g/mol. The molecular formula is C20H19F2NO3S. The van der Waals surface area contributed by atoms with Crippen molar-refractivity contribution < 1.29 is 22.0 Å². The van der Waals surface area contributed by atoms with Gasteiger partial charge in [0.05, 0.1) is 10.1 Å². The molecule has 2 atom stereocenters. The minimum absolute atomic E-state index is 0.0927. The smallest absolute Gasteiger partial charge is 0.254 e. The number of carbonyl (C=O) groups is 1. The Bertz CT molecular complexity index is 964. The highest BCUT2D eigenvalue weighted by Crippen LogP contribution is 2.40. The highest BCUT2D eigenvalue weighted by molar-refractivity contribution is 7.92. The van der Waals surface area contributed by atoms with Crippen LogP contribution in [0.3, 0.4) is 0 Å². The molecule has 2 aromatic carbocycles. The molecule has 2 heterocycles. The lowest BCUT2D eigenvalue weighted by molar-refractivity contribution is 0.0597. The van der Waals surface area contributed by atoms with Gasteiger partial charge in [-0.3, -0.25) is 4.79 Å². The molecule has 142 valence electrons. The van der Waals surface area contributed by atoms with Crippen LogP contribution in [0, 0.1) is 11.6 Å². The average molecular weight is 391 g/mol. The molecule has 0 aliphatic carbocycles. The van der Waals surface area contributed by atoms with E-state index in [1.807, 2.05) is 0 Å². The van der Waals surface area contributed by atoms with Crippen LogP contribution in [-0.2, 0) is 9.84 Å². The number of carbonyl (C=O) groups excluding carboxylic acids is 1. The zero-order valence-electron chi connectivity index (χ0n) is 14.5. The number of rotatable bonds is 3. The van der Waals surface area contributed by atoms with E-state index >= 15 is 0 Å². The number of hydrogen-bond donors (Lipinski definition) is 0. The van der Waals surface area contributed by atoms with Crippen molar-refractivity contribution in [1.29, 1.82) is 0 Å². The van der Waals surface area contributed by atoms with Crippen LogP contribution in [0.2, 0.25) is 0 Å². The lowest BCUT2D eigenvalue weighted by Crippen LogP contribution is -2.49. The third-order valence-electron chi connectivity index (χ3n) is 5.60. The fourth-order valence-corrected chi connectivity index (χ4v) is 6.17. The summed E-state index contributed by atoms with van der Waals surface area (Å²) in [6, 6.07) is 11.1. The van der Waals surface area contributed by atoms with Crippen LogP contribution in [0.15, 0.2) is 53.4 Å². The number of fused-ring (bicyclic) bond motifs is 2. The van der Waals surface area contributed by atoms with Gasteiger partial charge in [-0.15, -0.1) is 0 Å². The standard InChI is InChI=1S/C20H19F2NO3S/c21-18-9-6-13(10-19(18)22)20(24)23-14-7-8-15(23)12-17(11-14)27(25,26)16-4-2-1-3-5-16/h1-6,9-10,14-15,17H,7-8,11-12H2/t14-,15-/m1/s1. The molecule has 0 aromatic heterocycles. The van der Waals surface area contributed by atoms with Crippen LogP contribution in [0.1, 0.15) is 36.0 Å². The summed E-state index contributed by atoms with van der Waals surface area (Å²) in [5.74, 6) is -2.42. The van der Waals surface area contributed by atoms with Gasteiger partial charge in [0.25, 0.3) is 5.91 Å². The van der Waals surface area contributed by atoms with Crippen molar-refractivity contribution in [2.45, 2.75) is 47.9 Å². The first-order chi connectivity index (χ1) is 12.9. The van der Waals surface area contributed by atoms with Gasteiger partial charge >= 0.3 is 0 Å². The molecule has 4 rings (SSSR count). The first kappa shape index (κ1) is 18.1. The summed E-state index contributed by atoms with van der Waals surface area (Å²) in [4.78, 5) is 14.8. The maximum atomic E-state index is 13.5. The molecule has 0 unspecified atom stereocenters. The molecule has 2 saturated heterocycles. The van der Waals surface area contributed by atoms with Crippen molar-refractivity contribution in [1.82, 2.24) is 4.90 Å². The third-order valence-corrected chi connectivity index (χ3v) is 7.79. The predicted octanol–water partition coefficient (Wildman–Crippen LogP) is 3.57. The summed E-state index contributed by atoms with van der Waals surface area (Å²) < 4.78 is 52.5. The second kappa shape index (κ2) is 6.71. The van der Waals surface area contributed by atoms with E-state index in [0.717, 1.165) is 25.0 Å². The summed E-state index contributed by atoms with van der Waals surface area (Å²) in [5.41, 5.74) is 0.0927. The van der Waals surface area contributed by atoms with E-state index in [1.54, 1.807) is 35.2 Å². The van der Waals surface area contributed by atoms with Gasteiger partial charge in [0.2, 0.25) is 0 Å². The van der Waals surface area contributed by atoms with Crippen LogP contribution in [0.25, 0.3) is 0 Å². The van der Waals surface area contributed by atoms with Gasteiger partial charge in [-0.05, 0) is 56.0 Å². The number of sulfone groups is 1. The highest BCUT2D eigenvalue weighted by Gasteiger charge is 2.47. The van der Waals surface area contributed by atoms with E-state index in [9.17, 15) is 22.0 Å². The van der Waals surface area contributed by atoms with Crippen LogP contribution in [-0.4, -0.2) is 36.6 Å². The Morgan fingerprint density at radius 1 is 0.926 bits per heavy atom.